The van der Waals surface area contributed by atoms with E-state index in [4.69, 9.17) is 14.5 Å². The number of benzene rings is 2. The Labute approximate surface area is 421 Å². The minimum absolute atomic E-state index is 0.00144. The number of imidazole rings is 1. The molecule has 2 aromatic heterocycles. The Balaban J connectivity index is 0.922. The highest BCUT2D eigenvalue weighted by Crippen LogP contribution is 2.46. The van der Waals surface area contributed by atoms with E-state index in [1.54, 1.807) is 68.3 Å². The van der Waals surface area contributed by atoms with Crippen molar-refractivity contribution in [3.63, 3.8) is 0 Å². The predicted molar refractivity (Wildman–Crippen MR) is 263 cm³/mol. The largest absolute Gasteiger partial charge is 0.573 e. The van der Waals surface area contributed by atoms with Crippen molar-refractivity contribution in [2.24, 2.45) is 11.8 Å². The van der Waals surface area contributed by atoms with Gasteiger partial charge >= 0.3 is 18.5 Å². The number of aliphatic hydroxyl groups is 1. The number of nitrogens with one attached hydrogen (secondary N) is 3. The lowest BCUT2D eigenvalue weighted by Crippen LogP contribution is -2.58. The zero-order valence-corrected chi connectivity index (χ0v) is 42.1. The lowest BCUT2D eigenvalue weighted by Gasteiger charge is -2.42. The number of pyridine rings is 1. The van der Waals surface area contributed by atoms with Crippen LogP contribution in [0.5, 0.6) is 5.75 Å². The van der Waals surface area contributed by atoms with Crippen LogP contribution in [0.15, 0.2) is 67.0 Å². The van der Waals surface area contributed by atoms with Gasteiger partial charge in [0.25, 0.3) is 5.91 Å². The molecule has 5 heterocycles. The maximum atomic E-state index is 14.2. The summed E-state index contributed by atoms with van der Waals surface area (Å²) in [6.07, 6.45) is 0.566. The number of anilines is 2. The van der Waals surface area contributed by atoms with Gasteiger partial charge in [-0.2, -0.15) is 0 Å². The van der Waals surface area contributed by atoms with E-state index in [0.29, 0.717) is 54.5 Å². The molecule has 0 spiro atoms. The molecule has 21 heteroatoms. The van der Waals surface area contributed by atoms with E-state index in [0.717, 1.165) is 31.7 Å². The third-order valence-corrected chi connectivity index (χ3v) is 14.1. The van der Waals surface area contributed by atoms with Gasteiger partial charge in [0.05, 0.1) is 49.6 Å². The number of β-amino-alcohol motifs (C(OH)–C–C–N with tert-alkyl or cyclic N) is 1. The molecule has 4 aromatic rings. The molecule has 2 aromatic carbocycles. The number of aromatic amines is 1. The molecule has 1 aliphatic carbocycles. The lowest BCUT2D eigenvalue weighted by atomic mass is 9.84. The van der Waals surface area contributed by atoms with Crippen molar-refractivity contribution in [2.75, 3.05) is 43.5 Å². The summed E-state index contributed by atoms with van der Waals surface area (Å²) in [7, 11) is 1.26. The van der Waals surface area contributed by atoms with Gasteiger partial charge < -0.3 is 49.6 Å². The number of amides is 5. The van der Waals surface area contributed by atoms with Gasteiger partial charge in [0, 0.05) is 49.3 Å². The number of fused-ring (bicyclic) bond motifs is 1. The topological polar surface area (TPSA) is 212 Å². The van der Waals surface area contributed by atoms with Crippen LogP contribution < -0.4 is 20.3 Å². The van der Waals surface area contributed by atoms with Crippen LogP contribution in [-0.4, -0.2) is 140 Å². The molecule has 7 atom stereocenters. The van der Waals surface area contributed by atoms with E-state index < -0.39 is 54.0 Å². The number of likely N-dealkylation sites (tertiary alicyclic amines) is 2. The molecule has 5 amide bonds. The Bertz CT molecular complexity index is 2660. The lowest BCUT2D eigenvalue weighted by molar-refractivity contribution is -0.274. The third-order valence-electron chi connectivity index (χ3n) is 14.1. The predicted octanol–water partition coefficient (Wildman–Crippen LogP) is 7.91. The molecule has 4 fully saturated rings. The molecule has 3 saturated heterocycles. The highest BCUT2D eigenvalue weighted by Gasteiger charge is 2.49. The molecule has 0 bridgehead atoms. The Morgan fingerprint density at radius 3 is 2.27 bits per heavy atom. The number of alkyl halides is 3. The third kappa shape index (κ3) is 12.0. The number of carbonyl (C=O) groups excluding carboxylic acids is 5. The molecule has 3 aliphatic heterocycles. The number of hydrogen-bond acceptors (Lipinski definition) is 12. The molecule has 18 nitrogen and oxygen atoms in total. The van der Waals surface area contributed by atoms with Gasteiger partial charge in [-0.3, -0.25) is 19.3 Å². The molecule has 73 heavy (non-hydrogen) atoms. The first-order valence-electron chi connectivity index (χ1n) is 24.8. The number of rotatable bonds is 11. The second-order valence-electron chi connectivity index (χ2n) is 20.7. The van der Waals surface area contributed by atoms with Crippen molar-refractivity contribution in [3.8, 4) is 28.1 Å². The minimum Gasteiger partial charge on any atom is -0.453 e. The van der Waals surface area contributed by atoms with Crippen LogP contribution in [-0.2, 0) is 19.1 Å². The standard InChI is InChI=1S/C52H64F3N9O9/c1-29(2)44(60-49(69)71-7)48(68)64-39-11-9-8-10-33(39)22-40(64)45-57-26-38(59-45)32-14-12-31(13-15-32)37-18-16-34(23-42(37)72-52(53,54)55)46(66)58-35-17-19-43(56-25-35)62-21-20-61(27-30(62)3)47(67)41-24-36(65)28-63(41)50(70)73-51(4,5)6/h12-19,23,25-26,29-30,33,36,39-41,44,65H,8-11,20-22,24,27-28H2,1-7H3,(H,57,59)(H,58,66)(H,60,69)/t30-,33+,36-,39+,40+,41?,44+/m1/s1. The first-order chi connectivity index (χ1) is 34.6. The number of hydrogen-bond donors (Lipinski definition) is 4. The smallest absolute Gasteiger partial charge is 0.453 e. The number of methoxy groups -OCH3 is 1. The number of ether oxygens (including phenoxy) is 3. The van der Waals surface area contributed by atoms with Crippen LogP contribution in [0, 0.1) is 11.8 Å². The summed E-state index contributed by atoms with van der Waals surface area (Å²) in [6, 6.07) is 11.7. The maximum absolute atomic E-state index is 14.2. The molecule has 392 valence electrons. The minimum atomic E-state index is -5.07. The van der Waals surface area contributed by atoms with Crippen LogP contribution >= 0.6 is 0 Å². The highest BCUT2D eigenvalue weighted by atomic mass is 19.4. The Morgan fingerprint density at radius 1 is 0.890 bits per heavy atom. The quantitative estimate of drug-likeness (QED) is 0.113. The normalized spacial score (nSPS) is 22.7. The SMILES string of the molecule is COC(=O)N[C@H](C(=O)N1[C@H](c2ncc(-c3ccc(-c4ccc(C(=O)Nc5ccc(N6CCN(C(=O)C7C[C@@H](O)CN7C(=O)OC(C)(C)C)C[C@H]6C)nc5)cc4OC(F)(F)F)cc3)[nH]2)C[C@@H]2CCCC[C@@H]21)C(C)C. The second-order valence-corrected chi connectivity index (χ2v) is 20.7. The first kappa shape index (κ1) is 52.4. The van der Waals surface area contributed by atoms with Gasteiger partial charge in [-0.1, -0.05) is 51.0 Å². The number of aliphatic hydroxyl groups excluding tert-OH is 1. The zero-order valence-electron chi connectivity index (χ0n) is 42.1. The van der Waals surface area contributed by atoms with Crippen molar-refractivity contribution in [1.82, 2.24) is 35.0 Å². The highest BCUT2D eigenvalue weighted by molar-refractivity contribution is 6.05. The number of H-pyrrole nitrogens is 1. The molecule has 8 rings (SSSR count). The fraction of sp³-hybridized carbons (Fsp3) is 0.519. The summed E-state index contributed by atoms with van der Waals surface area (Å²) in [6.45, 7) is 11.9. The summed E-state index contributed by atoms with van der Waals surface area (Å²) in [5.41, 5.74) is 1.24. The molecule has 1 unspecified atom stereocenters. The molecular weight excluding hydrogens is 952 g/mol. The maximum Gasteiger partial charge on any atom is 0.573 e. The van der Waals surface area contributed by atoms with E-state index in [-0.39, 0.29) is 71.6 Å². The molecule has 0 radical (unpaired) electrons. The summed E-state index contributed by atoms with van der Waals surface area (Å²) >= 11 is 0. The molecule has 1 saturated carbocycles. The average molecular weight is 1020 g/mol. The van der Waals surface area contributed by atoms with Gasteiger partial charge in [-0.05, 0) is 100 Å². The molecule has 4 aliphatic rings. The van der Waals surface area contributed by atoms with Crippen molar-refractivity contribution in [3.05, 3.63) is 78.4 Å². The van der Waals surface area contributed by atoms with E-state index in [1.807, 2.05) is 30.6 Å². The Morgan fingerprint density at radius 2 is 1.62 bits per heavy atom. The fourth-order valence-electron chi connectivity index (χ4n) is 10.6. The van der Waals surface area contributed by atoms with Crippen LogP contribution in [0.4, 0.5) is 34.3 Å². The van der Waals surface area contributed by atoms with Gasteiger partial charge in [0.15, 0.2) is 0 Å². The van der Waals surface area contributed by atoms with Crippen molar-refractivity contribution in [2.45, 2.75) is 128 Å². The van der Waals surface area contributed by atoms with Crippen molar-refractivity contribution in [1.29, 1.82) is 0 Å². The zero-order chi connectivity index (χ0) is 52.5. The average Bonchev–Trinajstić information content (AvgIpc) is 4.09. The number of alkyl carbamates (subject to hydrolysis) is 1. The van der Waals surface area contributed by atoms with E-state index >= 15 is 0 Å². The van der Waals surface area contributed by atoms with Gasteiger partial charge in [-0.25, -0.2) is 19.6 Å². The Hall–Kier alpha value is -6.90. The summed E-state index contributed by atoms with van der Waals surface area (Å²) in [5, 5.41) is 15.8. The number of aromatic nitrogens is 3. The number of piperazine rings is 1. The van der Waals surface area contributed by atoms with Crippen LogP contribution in [0.3, 0.4) is 0 Å². The Kier molecular flexibility index (Phi) is 15.3. The van der Waals surface area contributed by atoms with Gasteiger partial charge in [0.1, 0.15) is 35.1 Å². The summed E-state index contributed by atoms with van der Waals surface area (Å²) in [5.74, 6) is -0.488. The molecule has 4 N–H and O–H groups in total. The van der Waals surface area contributed by atoms with Gasteiger partial charge in [0.2, 0.25) is 11.8 Å². The van der Waals surface area contributed by atoms with Crippen molar-refractivity contribution >= 4 is 41.4 Å². The van der Waals surface area contributed by atoms with Crippen LogP contribution in [0.2, 0.25) is 0 Å². The van der Waals surface area contributed by atoms with Crippen LogP contribution in [0.1, 0.15) is 102 Å². The van der Waals surface area contributed by atoms with Crippen molar-refractivity contribution < 1.29 is 56.5 Å². The number of carbonyl (C=O) groups is 5. The van der Waals surface area contributed by atoms with Gasteiger partial charge in [-0.15, -0.1) is 13.2 Å². The monoisotopic (exact) mass is 1020 g/mol. The van der Waals surface area contributed by atoms with E-state index in [2.05, 4.69) is 25.3 Å². The fourth-order valence-corrected chi connectivity index (χ4v) is 10.6. The number of halogens is 3. The summed E-state index contributed by atoms with van der Waals surface area (Å²) < 4.78 is 56.4. The van der Waals surface area contributed by atoms with E-state index in [9.17, 15) is 42.3 Å². The second kappa shape index (κ2) is 21.3. The first-order valence-corrected chi connectivity index (χ1v) is 24.8. The van der Waals surface area contributed by atoms with E-state index in [1.165, 1.54) is 30.3 Å². The summed E-state index contributed by atoms with van der Waals surface area (Å²) in [4.78, 5) is 86.1. The number of nitrogens with zero attached hydrogens (tertiary/aromatic N) is 6. The van der Waals surface area contributed by atoms with Crippen LogP contribution in [0.25, 0.3) is 22.4 Å². The molecular formula is C52H64F3N9O9.